The molecule has 1 saturated carbocycles. The van der Waals surface area contributed by atoms with Crippen molar-refractivity contribution in [2.24, 2.45) is 23.7 Å². The largest absolute Gasteiger partial charge is 0.317 e. The van der Waals surface area contributed by atoms with E-state index in [0.29, 0.717) is 0 Å². The lowest BCUT2D eigenvalue weighted by Gasteiger charge is -2.38. The zero-order chi connectivity index (χ0) is 13.4. The second-order valence-corrected chi connectivity index (χ2v) is 7.27. The lowest BCUT2D eigenvalue weighted by molar-refractivity contribution is 0.138. The molecule has 18 heavy (non-hydrogen) atoms. The summed E-state index contributed by atoms with van der Waals surface area (Å²) >= 11 is 2.00. The Hall–Kier alpha value is 0.310. The summed E-state index contributed by atoms with van der Waals surface area (Å²) in [6, 6.07) is 0. The standard InChI is InChI=1S/C16H33NS/c1-5-17-12-16-9-8-14(13(2)3)11-15(16)7-6-10-18-4/h13-17H,5-12H2,1-4H3. The van der Waals surface area contributed by atoms with Crippen LogP contribution in [0.4, 0.5) is 0 Å². The van der Waals surface area contributed by atoms with Gasteiger partial charge in [-0.2, -0.15) is 11.8 Å². The highest BCUT2D eigenvalue weighted by Gasteiger charge is 2.30. The summed E-state index contributed by atoms with van der Waals surface area (Å²) in [7, 11) is 0. The summed E-state index contributed by atoms with van der Waals surface area (Å²) in [6.07, 6.45) is 9.52. The van der Waals surface area contributed by atoms with Gasteiger partial charge in [0.2, 0.25) is 0 Å². The molecule has 1 nitrogen and oxygen atoms in total. The third kappa shape index (κ3) is 5.52. The third-order valence-electron chi connectivity index (χ3n) is 4.70. The molecule has 0 aromatic rings. The fourth-order valence-corrected chi connectivity index (χ4v) is 3.87. The summed E-state index contributed by atoms with van der Waals surface area (Å²) in [6.45, 7) is 9.43. The minimum atomic E-state index is 0.883. The van der Waals surface area contributed by atoms with Gasteiger partial charge in [0.1, 0.15) is 0 Å². The highest BCUT2D eigenvalue weighted by Crippen LogP contribution is 2.39. The van der Waals surface area contributed by atoms with Gasteiger partial charge in [-0.05, 0) is 80.9 Å². The maximum atomic E-state index is 3.58. The van der Waals surface area contributed by atoms with Gasteiger partial charge in [0, 0.05) is 0 Å². The molecule has 1 aliphatic rings. The smallest absolute Gasteiger partial charge is 0.00180 e. The Balaban J connectivity index is 2.44. The number of hydrogen-bond donors (Lipinski definition) is 1. The zero-order valence-electron chi connectivity index (χ0n) is 12.9. The van der Waals surface area contributed by atoms with E-state index in [1.807, 2.05) is 11.8 Å². The minimum Gasteiger partial charge on any atom is -0.317 e. The van der Waals surface area contributed by atoms with E-state index in [1.54, 1.807) is 0 Å². The van der Waals surface area contributed by atoms with E-state index >= 15 is 0 Å². The van der Waals surface area contributed by atoms with E-state index in [1.165, 1.54) is 44.4 Å². The quantitative estimate of drug-likeness (QED) is 0.656. The average Bonchev–Trinajstić information content (AvgIpc) is 2.37. The SMILES string of the molecule is CCNCC1CCC(C(C)C)CC1CCCSC. The van der Waals surface area contributed by atoms with Crippen molar-refractivity contribution < 1.29 is 0 Å². The molecule has 2 heteroatoms. The first-order valence-electron chi connectivity index (χ1n) is 7.88. The van der Waals surface area contributed by atoms with Crippen molar-refractivity contribution >= 4 is 11.8 Å². The Morgan fingerprint density at radius 1 is 1.22 bits per heavy atom. The van der Waals surface area contributed by atoms with E-state index in [0.717, 1.165) is 30.2 Å². The summed E-state index contributed by atoms with van der Waals surface area (Å²) in [5.41, 5.74) is 0. The van der Waals surface area contributed by atoms with Gasteiger partial charge in [0.15, 0.2) is 0 Å². The molecule has 1 N–H and O–H groups in total. The first-order chi connectivity index (χ1) is 8.69. The number of rotatable bonds is 8. The maximum Gasteiger partial charge on any atom is -0.00180 e. The van der Waals surface area contributed by atoms with Crippen molar-refractivity contribution in [3.63, 3.8) is 0 Å². The van der Waals surface area contributed by atoms with Crippen LogP contribution >= 0.6 is 11.8 Å². The topological polar surface area (TPSA) is 12.0 Å². The van der Waals surface area contributed by atoms with Crippen LogP contribution in [0.2, 0.25) is 0 Å². The molecule has 0 heterocycles. The van der Waals surface area contributed by atoms with E-state index < -0.39 is 0 Å². The van der Waals surface area contributed by atoms with Crippen LogP contribution in [0.15, 0.2) is 0 Å². The average molecular weight is 272 g/mol. The monoisotopic (exact) mass is 271 g/mol. The normalized spacial score (nSPS) is 28.8. The molecule has 0 bridgehead atoms. The van der Waals surface area contributed by atoms with E-state index in [-0.39, 0.29) is 0 Å². The fourth-order valence-electron chi connectivity index (χ4n) is 3.41. The second kappa shape index (κ2) is 9.25. The predicted octanol–water partition coefficient (Wildman–Crippen LogP) is 4.43. The second-order valence-electron chi connectivity index (χ2n) is 6.28. The van der Waals surface area contributed by atoms with Gasteiger partial charge in [0.05, 0.1) is 0 Å². The van der Waals surface area contributed by atoms with Gasteiger partial charge in [-0.3, -0.25) is 0 Å². The number of hydrogen-bond acceptors (Lipinski definition) is 2. The van der Waals surface area contributed by atoms with Crippen LogP contribution in [-0.4, -0.2) is 25.1 Å². The Morgan fingerprint density at radius 3 is 2.61 bits per heavy atom. The van der Waals surface area contributed by atoms with Crippen molar-refractivity contribution in [1.82, 2.24) is 5.32 Å². The third-order valence-corrected chi connectivity index (χ3v) is 5.40. The van der Waals surface area contributed by atoms with Crippen LogP contribution in [0.3, 0.4) is 0 Å². The summed E-state index contributed by atoms with van der Waals surface area (Å²) < 4.78 is 0. The molecular weight excluding hydrogens is 238 g/mol. The van der Waals surface area contributed by atoms with Crippen LogP contribution in [0.25, 0.3) is 0 Å². The van der Waals surface area contributed by atoms with Crippen molar-refractivity contribution in [2.75, 3.05) is 25.1 Å². The number of nitrogens with one attached hydrogen (secondary N) is 1. The van der Waals surface area contributed by atoms with Crippen LogP contribution in [0.5, 0.6) is 0 Å². The highest BCUT2D eigenvalue weighted by molar-refractivity contribution is 7.98. The molecule has 0 aromatic carbocycles. The molecule has 0 saturated heterocycles. The van der Waals surface area contributed by atoms with Gasteiger partial charge >= 0.3 is 0 Å². The van der Waals surface area contributed by atoms with Gasteiger partial charge in [0.25, 0.3) is 0 Å². The van der Waals surface area contributed by atoms with Crippen molar-refractivity contribution in [3.8, 4) is 0 Å². The van der Waals surface area contributed by atoms with E-state index in [4.69, 9.17) is 0 Å². The van der Waals surface area contributed by atoms with Crippen LogP contribution in [-0.2, 0) is 0 Å². The minimum absolute atomic E-state index is 0.883. The lowest BCUT2D eigenvalue weighted by atomic mass is 9.69. The van der Waals surface area contributed by atoms with Crippen molar-refractivity contribution in [3.05, 3.63) is 0 Å². The van der Waals surface area contributed by atoms with Gasteiger partial charge < -0.3 is 5.32 Å². The predicted molar refractivity (Wildman–Crippen MR) is 85.3 cm³/mol. The molecule has 1 rings (SSSR count). The Labute approximate surface area is 119 Å². The van der Waals surface area contributed by atoms with E-state index in [9.17, 15) is 0 Å². The first kappa shape index (κ1) is 16.4. The van der Waals surface area contributed by atoms with Gasteiger partial charge in [-0.1, -0.05) is 20.8 Å². The molecule has 0 radical (unpaired) electrons. The summed E-state index contributed by atoms with van der Waals surface area (Å²) in [5, 5.41) is 3.58. The molecule has 0 aromatic heterocycles. The van der Waals surface area contributed by atoms with Crippen LogP contribution in [0, 0.1) is 23.7 Å². The molecule has 1 aliphatic carbocycles. The number of thioether (sulfide) groups is 1. The Bertz CT molecular complexity index is 205. The van der Waals surface area contributed by atoms with Crippen molar-refractivity contribution in [2.45, 2.75) is 52.9 Å². The summed E-state index contributed by atoms with van der Waals surface area (Å²) in [5.74, 6) is 5.14. The molecule has 3 unspecified atom stereocenters. The van der Waals surface area contributed by atoms with Gasteiger partial charge in [-0.25, -0.2) is 0 Å². The van der Waals surface area contributed by atoms with Crippen LogP contribution < -0.4 is 5.32 Å². The lowest BCUT2D eigenvalue weighted by Crippen LogP contribution is -2.34. The molecule has 0 spiro atoms. The van der Waals surface area contributed by atoms with Gasteiger partial charge in [-0.15, -0.1) is 0 Å². The molecule has 0 amide bonds. The highest BCUT2D eigenvalue weighted by atomic mass is 32.2. The van der Waals surface area contributed by atoms with Crippen molar-refractivity contribution in [1.29, 1.82) is 0 Å². The molecule has 3 atom stereocenters. The zero-order valence-corrected chi connectivity index (χ0v) is 13.7. The van der Waals surface area contributed by atoms with E-state index in [2.05, 4.69) is 32.3 Å². The Kier molecular flexibility index (Phi) is 8.41. The molecule has 0 aliphatic heterocycles. The Morgan fingerprint density at radius 2 is 2.00 bits per heavy atom. The molecule has 108 valence electrons. The molecular formula is C16H33NS. The maximum absolute atomic E-state index is 3.58. The molecule has 1 fully saturated rings. The fraction of sp³-hybridized carbons (Fsp3) is 1.00. The summed E-state index contributed by atoms with van der Waals surface area (Å²) in [4.78, 5) is 0. The van der Waals surface area contributed by atoms with Crippen LogP contribution in [0.1, 0.15) is 52.9 Å². The first-order valence-corrected chi connectivity index (χ1v) is 9.28.